The number of ether oxygens (including phenoxy) is 3. The molecule has 5 heteroatoms. The highest BCUT2D eigenvalue weighted by atomic mass is 19.1. The Hall–Kier alpha value is -1.04. The van der Waals surface area contributed by atoms with Crippen LogP contribution in [0.3, 0.4) is 0 Å². The van der Waals surface area contributed by atoms with Gasteiger partial charge in [-0.25, -0.2) is 8.78 Å². The molecule has 1 aromatic rings. The summed E-state index contributed by atoms with van der Waals surface area (Å²) in [5.41, 5.74) is 0.594. The van der Waals surface area contributed by atoms with Crippen LogP contribution in [0.15, 0.2) is 18.2 Å². The van der Waals surface area contributed by atoms with E-state index in [1.54, 1.807) is 0 Å². The molecule has 0 N–H and O–H groups in total. The highest BCUT2D eigenvalue weighted by Gasteiger charge is 2.41. The molecule has 1 rings (SSSR count). The Bertz CT molecular complexity index is 499. The van der Waals surface area contributed by atoms with Gasteiger partial charge in [-0.2, -0.15) is 0 Å². The zero-order valence-corrected chi connectivity index (χ0v) is 18.1. The topological polar surface area (TPSA) is 27.7 Å². The average Bonchev–Trinajstić information content (AvgIpc) is 2.63. The number of unbranched alkanes of at least 4 members (excludes halogenated alkanes) is 5. The van der Waals surface area contributed by atoms with E-state index in [0.717, 1.165) is 25.3 Å². The molecule has 28 heavy (non-hydrogen) atoms. The van der Waals surface area contributed by atoms with Crippen LogP contribution >= 0.6 is 0 Å². The van der Waals surface area contributed by atoms with Crippen molar-refractivity contribution in [1.29, 1.82) is 0 Å². The summed E-state index contributed by atoms with van der Waals surface area (Å²) in [6.07, 6.45) is 8.27. The fraction of sp³-hybridized carbons (Fsp3) is 0.739. The standard InChI is InChI=1S/C23H38F2O3/c1-5-9-10-11-12-13-14-20(15-19-16-21(24)18-22(25)17-19)23(26-6-2,27-7-3)28-8-4/h16-18,20H,5-15H2,1-4H3. The summed E-state index contributed by atoms with van der Waals surface area (Å²) in [6.45, 7) is 9.21. The summed E-state index contributed by atoms with van der Waals surface area (Å²) in [5, 5.41) is 0. The van der Waals surface area contributed by atoms with Crippen LogP contribution in [-0.4, -0.2) is 25.8 Å². The zero-order valence-electron chi connectivity index (χ0n) is 18.1. The van der Waals surface area contributed by atoms with E-state index >= 15 is 0 Å². The van der Waals surface area contributed by atoms with E-state index in [1.165, 1.54) is 37.8 Å². The Kier molecular flexibility index (Phi) is 12.5. The second kappa shape index (κ2) is 14.0. The molecule has 0 aliphatic rings. The van der Waals surface area contributed by atoms with Crippen LogP contribution in [0.4, 0.5) is 8.78 Å². The summed E-state index contributed by atoms with van der Waals surface area (Å²) in [6, 6.07) is 3.66. The molecule has 0 saturated heterocycles. The van der Waals surface area contributed by atoms with Crippen molar-refractivity contribution >= 4 is 0 Å². The molecule has 0 radical (unpaired) electrons. The second-order valence-corrected chi connectivity index (χ2v) is 7.14. The minimum Gasteiger partial charge on any atom is -0.328 e. The van der Waals surface area contributed by atoms with E-state index in [0.29, 0.717) is 31.8 Å². The Morgan fingerprint density at radius 3 is 1.75 bits per heavy atom. The van der Waals surface area contributed by atoms with Crippen molar-refractivity contribution in [3.8, 4) is 0 Å². The summed E-state index contributed by atoms with van der Waals surface area (Å²) in [5.74, 6) is -2.48. The predicted octanol–water partition coefficient (Wildman–Crippen LogP) is 6.64. The lowest BCUT2D eigenvalue weighted by atomic mass is 9.90. The maximum absolute atomic E-state index is 13.7. The van der Waals surface area contributed by atoms with Crippen LogP contribution < -0.4 is 0 Å². The third kappa shape index (κ3) is 8.54. The van der Waals surface area contributed by atoms with Gasteiger partial charge in [0.2, 0.25) is 0 Å². The molecule has 1 unspecified atom stereocenters. The molecular weight excluding hydrogens is 362 g/mol. The van der Waals surface area contributed by atoms with Gasteiger partial charge in [0.1, 0.15) is 11.6 Å². The fourth-order valence-electron chi connectivity index (χ4n) is 3.67. The molecule has 0 heterocycles. The molecule has 1 aromatic carbocycles. The number of hydrogen-bond donors (Lipinski definition) is 0. The van der Waals surface area contributed by atoms with Crippen molar-refractivity contribution in [3.05, 3.63) is 35.4 Å². The van der Waals surface area contributed by atoms with Crippen LogP contribution in [0.2, 0.25) is 0 Å². The van der Waals surface area contributed by atoms with Gasteiger partial charge in [0.15, 0.2) is 0 Å². The van der Waals surface area contributed by atoms with Gasteiger partial charge in [-0.1, -0.05) is 45.4 Å². The van der Waals surface area contributed by atoms with E-state index in [9.17, 15) is 8.78 Å². The maximum atomic E-state index is 13.7. The van der Waals surface area contributed by atoms with E-state index in [-0.39, 0.29) is 5.92 Å². The zero-order chi connectivity index (χ0) is 20.8. The first-order chi connectivity index (χ1) is 13.5. The number of rotatable bonds is 16. The van der Waals surface area contributed by atoms with Gasteiger partial charge in [-0.3, -0.25) is 0 Å². The van der Waals surface area contributed by atoms with Crippen LogP contribution in [-0.2, 0) is 20.6 Å². The van der Waals surface area contributed by atoms with Gasteiger partial charge < -0.3 is 14.2 Å². The van der Waals surface area contributed by atoms with Crippen LogP contribution in [0.1, 0.15) is 78.2 Å². The van der Waals surface area contributed by atoms with Crippen LogP contribution in [0, 0.1) is 17.6 Å². The monoisotopic (exact) mass is 400 g/mol. The smallest absolute Gasteiger partial charge is 0.286 e. The van der Waals surface area contributed by atoms with Gasteiger partial charge in [0, 0.05) is 31.8 Å². The van der Waals surface area contributed by atoms with Crippen molar-refractivity contribution in [2.45, 2.75) is 85.0 Å². The van der Waals surface area contributed by atoms with Crippen molar-refractivity contribution in [2.75, 3.05) is 19.8 Å². The van der Waals surface area contributed by atoms with Crippen molar-refractivity contribution < 1.29 is 23.0 Å². The van der Waals surface area contributed by atoms with Gasteiger partial charge in [-0.15, -0.1) is 0 Å². The molecule has 0 saturated carbocycles. The average molecular weight is 401 g/mol. The van der Waals surface area contributed by atoms with Crippen LogP contribution in [0.25, 0.3) is 0 Å². The van der Waals surface area contributed by atoms with Crippen molar-refractivity contribution in [3.63, 3.8) is 0 Å². The predicted molar refractivity (Wildman–Crippen MR) is 109 cm³/mol. The Labute approximate surface area is 169 Å². The van der Waals surface area contributed by atoms with Gasteiger partial charge in [0.05, 0.1) is 0 Å². The molecule has 0 amide bonds. The molecule has 0 spiro atoms. The summed E-state index contributed by atoms with van der Waals surface area (Å²) in [7, 11) is 0. The molecule has 0 fully saturated rings. The van der Waals surface area contributed by atoms with E-state index in [4.69, 9.17) is 14.2 Å². The minimum absolute atomic E-state index is 0.153. The summed E-state index contributed by atoms with van der Waals surface area (Å²) in [4.78, 5) is 0. The number of halogens is 2. The highest BCUT2D eigenvalue weighted by molar-refractivity contribution is 5.18. The number of benzene rings is 1. The Morgan fingerprint density at radius 1 is 0.750 bits per heavy atom. The summed E-state index contributed by atoms with van der Waals surface area (Å²) >= 11 is 0. The first-order valence-corrected chi connectivity index (χ1v) is 10.9. The first-order valence-electron chi connectivity index (χ1n) is 10.9. The summed E-state index contributed by atoms with van der Waals surface area (Å²) < 4.78 is 45.3. The highest BCUT2D eigenvalue weighted by Crippen LogP contribution is 2.33. The normalized spacial score (nSPS) is 13.1. The SMILES string of the molecule is CCCCCCCCC(Cc1cc(F)cc(F)c1)C(OCC)(OCC)OCC. The lowest BCUT2D eigenvalue weighted by molar-refractivity contribution is -0.402. The third-order valence-corrected chi connectivity index (χ3v) is 4.85. The van der Waals surface area contributed by atoms with Crippen molar-refractivity contribution in [1.82, 2.24) is 0 Å². The molecular formula is C23H38F2O3. The lowest BCUT2D eigenvalue weighted by Crippen LogP contribution is -2.47. The molecule has 0 bridgehead atoms. The van der Waals surface area contributed by atoms with E-state index in [2.05, 4.69) is 6.92 Å². The van der Waals surface area contributed by atoms with Gasteiger partial charge in [0.25, 0.3) is 5.97 Å². The third-order valence-electron chi connectivity index (χ3n) is 4.85. The largest absolute Gasteiger partial charge is 0.328 e. The molecule has 0 aliphatic carbocycles. The maximum Gasteiger partial charge on any atom is 0.286 e. The van der Waals surface area contributed by atoms with Crippen LogP contribution in [0.5, 0.6) is 0 Å². The Balaban J connectivity index is 2.98. The van der Waals surface area contributed by atoms with Crippen molar-refractivity contribution in [2.24, 2.45) is 5.92 Å². The first kappa shape index (κ1) is 25.0. The second-order valence-electron chi connectivity index (χ2n) is 7.14. The molecule has 0 aromatic heterocycles. The molecule has 162 valence electrons. The molecule has 0 aliphatic heterocycles. The fourth-order valence-corrected chi connectivity index (χ4v) is 3.67. The lowest BCUT2D eigenvalue weighted by Gasteiger charge is -2.39. The quantitative estimate of drug-likeness (QED) is 0.230. The van der Waals surface area contributed by atoms with E-state index < -0.39 is 17.6 Å². The van der Waals surface area contributed by atoms with Gasteiger partial charge >= 0.3 is 0 Å². The minimum atomic E-state index is -1.19. The Morgan fingerprint density at radius 2 is 1.25 bits per heavy atom. The van der Waals surface area contributed by atoms with Gasteiger partial charge in [-0.05, 0) is 51.3 Å². The molecule has 1 atom stereocenters. The molecule has 3 nitrogen and oxygen atoms in total. The number of hydrogen-bond acceptors (Lipinski definition) is 3. The van der Waals surface area contributed by atoms with E-state index in [1.807, 2.05) is 20.8 Å².